The van der Waals surface area contributed by atoms with Gasteiger partial charge in [-0.1, -0.05) is 6.92 Å². The van der Waals surface area contributed by atoms with Crippen LogP contribution in [0.25, 0.3) is 0 Å². The van der Waals surface area contributed by atoms with E-state index in [1.54, 1.807) is 6.92 Å². The molecule has 1 heterocycles. The van der Waals surface area contributed by atoms with Gasteiger partial charge >= 0.3 is 5.97 Å². The lowest BCUT2D eigenvalue weighted by Gasteiger charge is -1.98. The summed E-state index contributed by atoms with van der Waals surface area (Å²) in [6, 6.07) is 0. The lowest BCUT2D eigenvalue weighted by Crippen LogP contribution is -2.02. The van der Waals surface area contributed by atoms with E-state index in [-0.39, 0.29) is 11.1 Å². The summed E-state index contributed by atoms with van der Waals surface area (Å²) in [5.41, 5.74) is 0.0430. The van der Waals surface area contributed by atoms with Gasteiger partial charge in [-0.3, -0.25) is 0 Å². The Labute approximate surface area is 75.6 Å². The number of aromatic nitrogens is 1. The Morgan fingerprint density at radius 1 is 1.62 bits per heavy atom. The Balaban J connectivity index is 2.41. The maximum atomic E-state index is 10.7. The number of aromatic carboxylic acids is 1. The zero-order valence-corrected chi connectivity index (χ0v) is 7.63. The summed E-state index contributed by atoms with van der Waals surface area (Å²) in [5.74, 6) is -0.0465. The van der Waals surface area contributed by atoms with Crippen molar-refractivity contribution in [2.45, 2.75) is 32.1 Å². The molecule has 1 fully saturated rings. The number of aryl methyl sites for hydroxylation is 1. The van der Waals surface area contributed by atoms with E-state index in [1.807, 2.05) is 6.92 Å². The van der Waals surface area contributed by atoms with Crippen molar-refractivity contribution in [3.8, 4) is 0 Å². The van der Waals surface area contributed by atoms with Crippen molar-refractivity contribution in [1.82, 2.24) is 4.98 Å². The van der Waals surface area contributed by atoms with Crippen LogP contribution in [-0.2, 0) is 5.41 Å². The van der Waals surface area contributed by atoms with Crippen molar-refractivity contribution in [2.24, 2.45) is 0 Å². The lowest BCUT2D eigenvalue weighted by atomic mass is 10.1. The molecule has 0 atom stereocenters. The van der Waals surface area contributed by atoms with Crippen molar-refractivity contribution in [3.63, 3.8) is 0 Å². The SMILES string of the molecule is Cc1oc(C2(C)CC2)nc1C(=O)O. The third-order valence-corrected chi connectivity index (χ3v) is 2.52. The van der Waals surface area contributed by atoms with Gasteiger partial charge in [-0.15, -0.1) is 0 Å². The highest BCUT2D eigenvalue weighted by Gasteiger charge is 2.44. The van der Waals surface area contributed by atoms with Crippen molar-refractivity contribution < 1.29 is 14.3 Å². The summed E-state index contributed by atoms with van der Waals surface area (Å²) in [6.45, 7) is 3.66. The van der Waals surface area contributed by atoms with Crippen molar-refractivity contribution >= 4 is 5.97 Å². The van der Waals surface area contributed by atoms with Crippen molar-refractivity contribution in [2.75, 3.05) is 0 Å². The van der Waals surface area contributed by atoms with Gasteiger partial charge in [0.15, 0.2) is 5.69 Å². The smallest absolute Gasteiger partial charge is 0.358 e. The number of oxazole rings is 1. The van der Waals surface area contributed by atoms with Gasteiger partial charge < -0.3 is 9.52 Å². The maximum absolute atomic E-state index is 10.7. The lowest BCUT2D eigenvalue weighted by molar-refractivity contribution is 0.0689. The van der Waals surface area contributed by atoms with Gasteiger partial charge in [-0.25, -0.2) is 9.78 Å². The molecule has 1 aromatic heterocycles. The molecule has 0 amide bonds. The van der Waals surface area contributed by atoms with Crippen LogP contribution in [0.2, 0.25) is 0 Å². The quantitative estimate of drug-likeness (QED) is 0.754. The summed E-state index contributed by atoms with van der Waals surface area (Å²) in [7, 11) is 0. The second kappa shape index (κ2) is 2.34. The fourth-order valence-electron chi connectivity index (χ4n) is 1.25. The fourth-order valence-corrected chi connectivity index (χ4v) is 1.25. The molecule has 2 rings (SSSR count). The summed E-state index contributed by atoms with van der Waals surface area (Å²) >= 11 is 0. The Morgan fingerprint density at radius 2 is 2.23 bits per heavy atom. The molecule has 0 spiro atoms. The molecular weight excluding hydrogens is 170 g/mol. The maximum Gasteiger partial charge on any atom is 0.358 e. The number of carboxylic acid groups (broad SMARTS) is 1. The Kier molecular flexibility index (Phi) is 1.49. The van der Waals surface area contributed by atoms with E-state index in [0.717, 1.165) is 12.8 Å². The predicted octanol–water partition coefficient (Wildman–Crippen LogP) is 1.73. The minimum atomic E-state index is -1.02. The first kappa shape index (κ1) is 8.29. The molecule has 1 aromatic rings. The Hall–Kier alpha value is -1.32. The van der Waals surface area contributed by atoms with Crippen LogP contribution in [0.1, 0.15) is 41.9 Å². The number of carbonyl (C=O) groups is 1. The molecule has 0 saturated heterocycles. The molecule has 1 aliphatic carbocycles. The van der Waals surface area contributed by atoms with Crippen LogP contribution < -0.4 is 0 Å². The number of hydrogen-bond acceptors (Lipinski definition) is 3. The van der Waals surface area contributed by atoms with Crippen LogP contribution in [0.3, 0.4) is 0 Å². The highest BCUT2D eigenvalue weighted by molar-refractivity contribution is 5.86. The monoisotopic (exact) mass is 181 g/mol. The summed E-state index contributed by atoms with van der Waals surface area (Å²) < 4.78 is 5.31. The average molecular weight is 181 g/mol. The minimum Gasteiger partial charge on any atom is -0.476 e. The Bertz CT molecular complexity index is 363. The average Bonchev–Trinajstić information content (AvgIpc) is 2.63. The summed E-state index contributed by atoms with van der Waals surface area (Å²) in [6.07, 6.45) is 2.07. The van der Waals surface area contributed by atoms with E-state index < -0.39 is 5.97 Å². The third-order valence-electron chi connectivity index (χ3n) is 2.52. The first-order valence-corrected chi connectivity index (χ1v) is 4.24. The predicted molar refractivity (Wildman–Crippen MR) is 44.8 cm³/mol. The molecule has 4 heteroatoms. The first-order valence-electron chi connectivity index (χ1n) is 4.24. The molecule has 70 valence electrons. The largest absolute Gasteiger partial charge is 0.476 e. The minimum absolute atomic E-state index is 0.00153. The summed E-state index contributed by atoms with van der Waals surface area (Å²) in [5, 5.41) is 8.74. The first-order chi connectivity index (χ1) is 6.03. The van der Waals surface area contributed by atoms with Gasteiger partial charge in [0.05, 0.1) is 0 Å². The molecule has 13 heavy (non-hydrogen) atoms. The highest BCUT2D eigenvalue weighted by atomic mass is 16.4. The zero-order valence-electron chi connectivity index (χ0n) is 7.63. The molecule has 1 N–H and O–H groups in total. The fraction of sp³-hybridized carbons (Fsp3) is 0.556. The van der Waals surface area contributed by atoms with Crippen LogP contribution in [0.4, 0.5) is 0 Å². The van der Waals surface area contributed by atoms with Crippen molar-refractivity contribution in [1.29, 1.82) is 0 Å². The second-order valence-electron chi connectivity index (χ2n) is 3.79. The molecule has 0 aliphatic heterocycles. The molecular formula is C9H11NO3. The molecule has 0 radical (unpaired) electrons. The van der Waals surface area contributed by atoms with E-state index in [9.17, 15) is 4.79 Å². The second-order valence-corrected chi connectivity index (χ2v) is 3.79. The van der Waals surface area contributed by atoms with Crippen LogP contribution in [0, 0.1) is 6.92 Å². The third kappa shape index (κ3) is 1.22. The molecule has 1 aliphatic rings. The van der Waals surface area contributed by atoms with E-state index in [1.165, 1.54) is 0 Å². The van der Waals surface area contributed by atoms with Gasteiger partial charge in [0, 0.05) is 5.41 Å². The molecule has 0 bridgehead atoms. The number of hydrogen-bond donors (Lipinski definition) is 1. The zero-order chi connectivity index (χ0) is 9.64. The summed E-state index contributed by atoms with van der Waals surface area (Å²) in [4.78, 5) is 14.6. The van der Waals surface area contributed by atoms with Gasteiger partial charge in [0.2, 0.25) is 5.89 Å². The van der Waals surface area contributed by atoms with E-state index in [4.69, 9.17) is 9.52 Å². The number of carboxylic acids is 1. The van der Waals surface area contributed by atoms with Gasteiger partial charge in [0.1, 0.15) is 5.76 Å². The molecule has 0 unspecified atom stereocenters. The molecule has 1 saturated carbocycles. The van der Waals surface area contributed by atoms with Gasteiger partial charge in [-0.05, 0) is 19.8 Å². The van der Waals surface area contributed by atoms with E-state index in [2.05, 4.69) is 4.98 Å². The standard InChI is InChI=1S/C9H11NO3/c1-5-6(7(11)12)10-8(13-5)9(2)3-4-9/h3-4H2,1-2H3,(H,11,12). The van der Waals surface area contributed by atoms with Crippen LogP contribution in [0.15, 0.2) is 4.42 Å². The van der Waals surface area contributed by atoms with Gasteiger partial charge in [-0.2, -0.15) is 0 Å². The highest BCUT2D eigenvalue weighted by Crippen LogP contribution is 2.47. The molecule has 4 nitrogen and oxygen atoms in total. The van der Waals surface area contributed by atoms with E-state index >= 15 is 0 Å². The molecule has 0 aromatic carbocycles. The number of rotatable bonds is 2. The number of nitrogens with zero attached hydrogens (tertiary/aromatic N) is 1. The van der Waals surface area contributed by atoms with Gasteiger partial charge in [0.25, 0.3) is 0 Å². The van der Waals surface area contributed by atoms with Crippen LogP contribution in [-0.4, -0.2) is 16.1 Å². The van der Waals surface area contributed by atoms with Crippen molar-refractivity contribution in [3.05, 3.63) is 17.3 Å². The van der Waals surface area contributed by atoms with E-state index in [0.29, 0.717) is 11.7 Å². The Morgan fingerprint density at radius 3 is 2.62 bits per heavy atom. The van der Waals surface area contributed by atoms with Crippen LogP contribution in [0.5, 0.6) is 0 Å². The normalized spacial score (nSPS) is 18.6. The topological polar surface area (TPSA) is 63.3 Å². The van der Waals surface area contributed by atoms with Crippen LogP contribution >= 0.6 is 0 Å².